The number of halogens is 1. The van der Waals surface area contributed by atoms with Crippen molar-refractivity contribution in [3.05, 3.63) is 53.9 Å². The zero-order chi connectivity index (χ0) is 21.7. The zero-order valence-electron chi connectivity index (χ0n) is 17.6. The molecule has 2 aromatic heterocycles. The van der Waals surface area contributed by atoms with Gasteiger partial charge in [-0.3, -0.25) is 9.97 Å². The van der Waals surface area contributed by atoms with Crippen LogP contribution in [0.5, 0.6) is 0 Å². The Hall–Kier alpha value is -2.78. The van der Waals surface area contributed by atoms with Gasteiger partial charge in [-0.25, -0.2) is 9.18 Å². The second-order valence-corrected chi connectivity index (χ2v) is 8.02. The standard InChI is InChI=1S/C22H28FN5O3/c1-24-19-12-25-11-18(23)17(19)6-5-16-10-27-15(13-30-16)14-31-21(29)28-22(7-8-22)20-4-2-3-9-26-20/h2-4,9,11-12,15-16,24,27H,5-8,10,13-14H2,1H3,(H,28,29)/t15-,16+/m0/s1. The number of carbonyl (C=O) groups excluding carboxylic acids is 1. The van der Waals surface area contributed by atoms with Crippen molar-refractivity contribution in [3.63, 3.8) is 0 Å². The molecule has 166 valence electrons. The first-order chi connectivity index (χ1) is 15.1. The molecule has 3 heterocycles. The molecule has 1 aliphatic carbocycles. The Balaban J connectivity index is 1.18. The van der Waals surface area contributed by atoms with Crippen LogP contribution in [-0.4, -0.2) is 55.0 Å². The summed E-state index contributed by atoms with van der Waals surface area (Å²) in [5.74, 6) is -0.313. The van der Waals surface area contributed by atoms with Gasteiger partial charge in [0, 0.05) is 25.4 Å². The summed E-state index contributed by atoms with van der Waals surface area (Å²) in [7, 11) is 1.75. The Morgan fingerprint density at radius 2 is 2.26 bits per heavy atom. The molecule has 2 atom stereocenters. The molecule has 0 radical (unpaired) electrons. The van der Waals surface area contributed by atoms with Crippen LogP contribution in [0.2, 0.25) is 0 Å². The second-order valence-electron chi connectivity index (χ2n) is 8.02. The Labute approximate surface area is 180 Å². The number of anilines is 1. The van der Waals surface area contributed by atoms with Gasteiger partial charge in [-0.15, -0.1) is 0 Å². The third-order valence-corrected chi connectivity index (χ3v) is 5.82. The minimum Gasteiger partial charge on any atom is -0.448 e. The summed E-state index contributed by atoms with van der Waals surface area (Å²) in [5.41, 5.74) is 1.78. The average Bonchev–Trinajstić information content (AvgIpc) is 3.58. The monoisotopic (exact) mass is 429 g/mol. The highest BCUT2D eigenvalue weighted by Crippen LogP contribution is 2.44. The van der Waals surface area contributed by atoms with Crippen LogP contribution >= 0.6 is 0 Å². The molecule has 9 heteroatoms. The van der Waals surface area contributed by atoms with Crippen LogP contribution in [0.1, 0.15) is 30.5 Å². The van der Waals surface area contributed by atoms with Gasteiger partial charge in [-0.2, -0.15) is 0 Å². The van der Waals surface area contributed by atoms with Crippen LogP contribution < -0.4 is 16.0 Å². The summed E-state index contributed by atoms with van der Waals surface area (Å²) in [6.45, 7) is 1.27. The van der Waals surface area contributed by atoms with Gasteiger partial charge in [-0.05, 0) is 37.8 Å². The number of hydrogen-bond acceptors (Lipinski definition) is 7. The molecule has 1 saturated carbocycles. The van der Waals surface area contributed by atoms with Crippen molar-refractivity contribution in [2.24, 2.45) is 0 Å². The van der Waals surface area contributed by atoms with Crippen molar-refractivity contribution in [2.45, 2.75) is 43.4 Å². The number of nitrogens with zero attached hydrogens (tertiary/aromatic N) is 2. The lowest BCUT2D eigenvalue weighted by molar-refractivity contribution is -0.0143. The van der Waals surface area contributed by atoms with E-state index in [1.54, 1.807) is 19.4 Å². The average molecular weight is 429 g/mol. The van der Waals surface area contributed by atoms with Gasteiger partial charge in [0.15, 0.2) is 0 Å². The van der Waals surface area contributed by atoms with E-state index in [4.69, 9.17) is 9.47 Å². The topological polar surface area (TPSA) is 97.4 Å². The molecule has 31 heavy (non-hydrogen) atoms. The van der Waals surface area contributed by atoms with Crippen LogP contribution in [0.25, 0.3) is 0 Å². The fraction of sp³-hybridized carbons (Fsp3) is 0.500. The minimum atomic E-state index is -0.445. The van der Waals surface area contributed by atoms with E-state index in [1.165, 1.54) is 6.20 Å². The number of hydrogen-bond donors (Lipinski definition) is 3. The summed E-state index contributed by atoms with van der Waals surface area (Å²) in [5, 5.41) is 9.27. The molecular weight excluding hydrogens is 401 g/mol. The molecule has 0 spiro atoms. The third-order valence-electron chi connectivity index (χ3n) is 5.82. The molecule has 1 saturated heterocycles. The number of carbonyl (C=O) groups is 1. The van der Waals surface area contributed by atoms with E-state index in [0.717, 1.165) is 18.5 Å². The number of amides is 1. The molecule has 0 aromatic carbocycles. The molecule has 8 nitrogen and oxygen atoms in total. The van der Waals surface area contributed by atoms with E-state index >= 15 is 0 Å². The number of nitrogens with one attached hydrogen (secondary N) is 3. The van der Waals surface area contributed by atoms with Gasteiger partial charge in [0.25, 0.3) is 0 Å². The predicted molar refractivity (Wildman–Crippen MR) is 113 cm³/mol. The van der Waals surface area contributed by atoms with E-state index < -0.39 is 11.6 Å². The van der Waals surface area contributed by atoms with Crippen molar-refractivity contribution in [2.75, 3.05) is 32.1 Å². The van der Waals surface area contributed by atoms with Crippen molar-refractivity contribution in [1.82, 2.24) is 20.6 Å². The molecule has 1 aliphatic heterocycles. The SMILES string of the molecule is CNc1cncc(F)c1CC[C@@H]1CN[C@H](COC(=O)NC2(c3ccccn3)CC2)CO1. The number of ether oxygens (including phenoxy) is 2. The van der Waals surface area contributed by atoms with E-state index in [0.29, 0.717) is 37.2 Å². The highest BCUT2D eigenvalue weighted by Gasteiger charge is 2.47. The summed E-state index contributed by atoms with van der Waals surface area (Å²) >= 11 is 0. The summed E-state index contributed by atoms with van der Waals surface area (Å²) in [6, 6.07) is 5.61. The first kappa shape index (κ1) is 21.5. The molecule has 4 rings (SSSR count). The third kappa shape index (κ3) is 5.29. The molecule has 0 bridgehead atoms. The van der Waals surface area contributed by atoms with E-state index in [1.807, 2.05) is 18.2 Å². The Kier molecular flexibility index (Phi) is 6.62. The van der Waals surface area contributed by atoms with Crippen molar-refractivity contribution in [1.29, 1.82) is 0 Å². The Bertz CT molecular complexity index is 886. The first-order valence-corrected chi connectivity index (χ1v) is 10.6. The van der Waals surface area contributed by atoms with Gasteiger partial charge in [0.05, 0.1) is 48.1 Å². The van der Waals surface area contributed by atoms with Crippen molar-refractivity contribution < 1.29 is 18.7 Å². The zero-order valence-corrected chi connectivity index (χ0v) is 17.6. The Morgan fingerprint density at radius 3 is 2.94 bits per heavy atom. The first-order valence-electron chi connectivity index (χ1n) is 10.6. The molecule has 2 fully saturated rings. The minimum absolute atomic E-state index is 0.0266. The van der Waals surface area contributed by atoms with Crippen LogP contribution in [0.15, 0.2) is 36.8 Å². The molecule has 0 unspecified atom stereocenters. The lowest BCUT2D eigenvalue weighted by Gasteiger charge is -2.30. The van der Waals surface area contributed by atoms with Gasteiger partial charge in [0.1, 0.15) is 12.4 Å². The van der Waals surface area contributed by atoms with E-state index in [2.05, 4.69) is 25.9 Å². The maximum Gasteiger partial charge on any atom is 0.407 e. The molecule has 3 N–H and O–H groups in total. The van der Waals surface area contributed by atoms with E-state index in [-0.39, 0.29) is 24.6 Å². The largest absolute Gasteiger partial charge is 0.448 e. The van der Waals surface area contributed by atoms with Crippen molar-refractivity contribution >= 4 is 11.8 Å². The number of rotatable bonds is 8. The Morgan fingerprint density at radius 1 is 1.39 bits per heavy atom. The number of pyridine rings is 2. The predicted octanol–water partition coefficient (Wildman–Crippen LogP) is 2.36. The number of morpholine rings is 1. The summed E-state index contributed by atoms with van der Waals surface area (Å²) in [6.07, 6.45) is 7.06. The second kappa shape index (κ2) is 9.57. The van der Waals surface area contributed by atoms with E-state index in [9.17, 15) is 9.18 Å². The van der Waals surface area contributed by atoms with Gasteiger partial charge in [-0.1, -0.05) is 6.07 Å². The summed E-state index contributed by atoms with van der Waals surface area (Å²) in [4.78, 5) is 20.5. The lowest BCUT2D eigenvalue weighted by Crippen LogP contribution is -2.49. The molecule has 2 aromatic rings. The fourth-order valence-corrected chi connectivity index (χ4v) is 3.82. The van der Waals surface area contributed by atoms with Crippen LogP contribution in [0, 0.1) is 5.82 Å². The maximum absolute atomic E-state index is 14.0. The maximum atomic E-state index is 14.0. The van der Waals surface area contributed by atoms with Gasteiger partial charge >= 0.3 is 6.09 Å². The quantitative estimate of drug-likeness (QED) is 0.593. The van der Waals surface area contributed by atoms with Crippen LogP contribution in [0.4, 0.5) is 14.9 Å². The summed E-state index contributed by atoms with van der Waals surface area (Å²) < 4.78 is 25.3. The fourth-order valence-electron chi connectivity index (χ4n) is 3.82. The molecule has 1 amide bonds. The number of aromatic nitrogens is 2. The van der Waals surface area contributed by atoms with Crippen LogP contribution in [-0.2, 0) is 21.4 Å². The molecule has 2 aliphatic rings. The van der Waals surface area contributed by atoms with Gasteiger partial charge in [0.2, 0.25) is 0 Å². The lowest BCUT2D eigenvalue weighted by atomic mass is 10.0. The van der Waals surface area contributed by atoms with Crippen molar-refractivity contribution in [3.8, 4) is 0 Å². The highest BCUT2D eigenvalue weighted by atomic mass is 19.1. The normalized spacial score (nSPS) is 21.9. The number of alkyl carbamates (subject to hydrolysis) is 1. The smallest absolute Gasteiger partial charge is 0.407 e. The van der Waals surface area contributed by atoms with Crippen LogP contribution in [0.3, 0.4) is 0 Å². The molecular formula is C22H28FN5O3. The highest BCUT2D eigenvalue weighted by molar-refractivity contribution is 5.69. The van der Waals surface area contributed by atoms with Gasteiger partial charge < -0.3 is 25.4 Å².